The third kappa shape index (κ3) is 3.84. The number of aromatic nitrogens is 3. The minimum Gasteiger partial charge on any atom is -0.497 e. The molecule has 1 saturated heterocycles. The Morgan fingerprint density at radius 3 is 2.44 bits per heavy atom. The average molecular weight is 427 g/mol. The predicted octanol–water partition coefficient (Wildman–Crippen LogP) is 5.03. The summed E-state index contributed by atoms with van der Waals surface area (Å²) in [7, 11) is 1.68. The molecule has 4 aromatic rings. The van der Waals surface area contributed by atoms with Gasteiger partial charge in [0, 0.05) is 49.5 Å². The van der Waals surface area contributed by atoms with Crippen molar-refractivity contribution in [1.29, 1.82) is 0 Å². The molecule has 0 unspecified atom stereocenters. The standard InChI is InChI=1S/C26H26N4O2/c1-17(31)30-13-9-19(10-14-30)26-28-24(18-7-11-27-12-8-18)25(29-26)22-4-3-21-16-23(32-2)6-5-20(21)15-22/h3-8,11-12,15-16,19H,9-10,13-14H2,1-2H3,(H,28,29). The predicted molar refractivity (Wildman–Crippen MR) is 126 cm³/mol. The van der Waals surface area contributed by atoms with Gasteiger partial charge in [0.15, 0.2) is 0 Å². The number of aromatic amines is 1. The minimum atomic E-state index is 0.147. The lowest BCUT2D eigenvalue weighted by Crippen LogP contribution is -2.36. The molecule has 162 valence electrons. The van der Waals surface area contributed by atoms with Crippen molar-refractivity contribution in [2.24, 2.45) is 0 Å². The second-order valence-electron chi connectivity index (χ2n) is 8.29. The largest absolute Gasteiger partial charge is 0.497 e. The van der Waals surface area contributed by atoms with Crippen LogP contribution < -0.4 is 4.74 Å². The monoisotopic (exact) mass is 426 g/mol. The van der Waals surface area contributed by atoms with E-state index in [1.165, 1.54) is 0 Å². The molecule has 0 saturated carbocycles. The topological polar surface area (TPSA) is 71.1 Å². The molecular weight excluding hydrogens is 400 g/mol. The van der Waals surface area contributed by atoms with E-state index in [-0.39, 0.29) is 5.91 Å². The molecule has 1 amide bonds. The quantitative estimate of drug-likeness (QED) is 0.497. The van der Waals surface area contributed by atoms with Crippen molar-refractivity contribution >= 4 is 16.7 Å². The van der Waals surface area contributed by atoms with Crippen molar-refractivity contribution in [3.05, 3.63) is 66.7 Å². The smallest absolute Gasteiger partial charge is 0.219 e. The minimum absolute atomic E-state index is 0.147. The summed E-state index contributed by atoms with van der Waals surface area (Å²) < 4.78 is 5.36. The van der Waals surface area contributed by atoms with Gasteiger partial charge in [-0.05, 0) is 53.9 Å². The van der Waals surface area contributed by atoms with Crippen molar-refractivity contribution in [2.75, 3.05) is 20.2 Å². The van der Waals surface area contributed by atoms with Crippen molar-refractivity contribution in [3.8, 4) is 28.3 Å². The van der Waals surface area contributed by atoms with Gasteiger partial charge in [0.05, 0.1) is 18.5 Å². The SMILES string of the molecule is COc1ccc2cc(-c3nc(C4CCN(C(C)=O)CC4)[nH]c3-c3ccncc3)ccc2c1. The number of carbonyl (C=O) groups excluding carboxylic acids is 1. The van der Waals surface area contributed by atoms with E-state index in [9.17, 15) is 4.79 Å². The van der Waals surface area contributed by atoms with Crippen LogP contribution in [0.25, 0.3) is 33.3 Å². The number of amides is 1. The number of imidazole rings is 1. The molecule has 1 aliphatic rings. The summed E-state index contributed by atoms with van der Waals surface area (Å²) in [6.07, 6.45) is 5.44. The number of benzene rings is 2. The number of nitrogens with one attached hydrogen (secondary N) is 1. The molecule has 0 aliphatic carbocycles. The van der Waals surface area contributed by atoms with E-state index in [4.69, 9.17) is 9.72 Å². The number of piperidine rings is 1. The first-order chi connectivity index (χ1) is 15.6. The molecule has 1 N–H and O–H groups in total. The maximum atomic E-state index is 11.7. The van der Waals surface area contributed by atoms with E-state index in [1.807, 2.05) is 29.2 Å². The second kappa shape index (κ2) is 8.46. The van der Waals surface area contributed by atoms with Gasteiger partial charge in [0.1, 0.15) is 11.6 Å². The number of hydrogen-bond donors (Lipinski definition) is 1. The molecule has 6 nitrogen and oxygen atoms in total. The lowest BCUT2D eigenvalue weighted by molar-refractivity contribution is -0.129. The molecule has 0 atom stereocenters. The van der Waals surface area contributed by atoms with Gasteiger partial charge >= 0.3 is 0 Å². The number of carbonyl (C=O) groups is 1. The van der Waals surface area contributed by atoms with Crippen molar-refractivity contribution in [2.45, 2.75) is 25.7 Å². The normalized spacial score (nSPS) is 14.6. The summed E-state index contributed by atoms with van der Waals surface area (Å²) in [6, 6.07) is 16.5. The Morgan fingerprint density at radius 1 is 1.00 bits per heavy atom. The second-order valence-corrected chi connectivity index (χ2v) is 8.29. The molecule has 6 heteroatoms. The van der Waals surface area contributed by atoms with Crippen LogP contribution in [0.15, 0.2) is 60.9 Å². The van der Waals surface area contributed by atoms with Gasteiger partial charge in [-0.2, -0.15) is 0 Å². The van der Waals surface area contributed by atoms with E-state index in [1.54, 1.807) is 26.4 Å². The molecule has 1 aliphatic heterocycles. The first kappa shape index (κ1) is 20.2. The molecule has 32 heavy (non-hydrogen) atoms. The summed E-state index contributed by atoms with van der Waals surface area (Å²) in [5.74, 6) is 2.30. The fraction of sp³-hybridized carbons (Fsp3) is 0.269. The molecule has 2 aromatic heterocycles. The van der Waals surface area contributed by atoms with Crippen molar-refractivity contribution < 1.29 is 9.53 Å². The highest BCUT2D eigenvalue weighted by atomic mass is 16.5. The zero-order chi connectivity index (χ0) is 22.1. The summed E-state index contributed by atoms with van der Waals surface area (Å²) >= 11 is 0. The lowest BCUT2D eigenvalue weighted by Gasteiger charge is -2.30. The highest BCUT2D eigenvalue weighted by Gasteiger charge is 2.26. The Labute approximate surface area is 187 Å². The summed E-state index contributed by atoms with van der Waals surface area (Å²) in [5.41, 5.74) is 4.07. The molecule has 2 aromatic carbocycles. The molecule has 0 radical (unpaired) electrons. The van der Waals surface area contributed by atoms with Gasteiger partial charge in [0.2, 0.25) is 5.91 Å². The van der Waals surface area contributed by atoms with Crippen molar-refractivity contribution in [1.82, 2.24) is 19.9 Å². The van der Waals surface area contributed by atoms with Crippen LogP contribution >= 0.6 is 0 Å². The van der Waals surface area contributed by atoms with Crippen LogP contribution in [0.2, 0.25) is 0 Å². The van der Waals surface area contributed by atoms with Crippen LogP contribution in [0, 0.1) is 0 Å². The van der Waals surface area contributed by atoms with Gasteiger partial charge in [-0.3, -0.25) is 9.78 Å². The number of hydrogen-bond acceptors (Lipinski definition) is 4. The Kier molecular flexibility index (Phi) is 5.35. The zero-order valence-corrected chi connectivity index (χ0v) is 18.3. The van der Waals surface area contributed by atoms with E-state index >= 15 is 0 Å². The zero-order valence-electron chi connectivity index (χ0n) is 18.3. The van der Waals surface area contributed by atoms with Gasteiger partial charge < -0.3 is 14.6 Å². The summed E-state index contributed by atoms with van der Waals surface area (Å²) in [5, 5.41) is 2.27. The highest BCUT2D eigenvalue weighted by molar-refractivity contribution is 5.90. The molecule has 1 fully saturated rings. The first-order valence-electron chi connectivity index (χ1n) is 11.0. The van der Waals surface area contributed by atoms with Crippen LogP contribution in [0.4, 0.5) is 0 Å². The number of nitrogens with zero attached hydrogens (tertiary/aromatic N) is 3. The van der Waals surface area contributed by atoms with Crippen LogP contribution in [0.3, 0.4) is 0 Å². The number of H-pyrrole nitrogens is 1. The van der Waals surface area contributed by atoms with Crippen LogP contribution in [0.5, 0.6) is 5.75 Å². The number of methoxy groups -OCH3 is 1. The molecule has 0 bridgehead atoms. The third-order valence-electron chi connectivity index (χ3n) is 6.34. The van der Waals surface area contributed by atoms with Crippen molar-refractivity contribution in [3.63, 3.8) is 0 Å². The Morgan fingerprint density at radius 2 is 1.72 bits per heavy atom. The highest BCUT2D eigenvalue weighted by Crippen LogP contribution is 2.36. The van der Waals surface area contributed by atoms with Crippen LogP contribution in [-0.2, 0) is 4.79 Å². The third-order valence-corrected chi connectivity index (χ3v) is 6.34. The number of likely N-dealkylation sites (tertiary alicyclic amines) is 1. The van der Waals surface area contributed by atoms with E-state index in [0.29, 0.717) is 5.92 Å². The fourth-order valence-electron chi connectivity index (χ4n) is 4.49. The summed E-state index contributed by atoms with van der Waals surface area (Å²) in [6.45, 7) is 3.19. The van der Waals surface area contributed by atoms with E-state index in [0.717, 1.165) is 70.8 Å². The van der Waals surface area contributed by atoms with Gasteiger partial charge in [0.25, 0.3) is 0 Å². The Bertz CT molecular complexity index is 1260. The number of pyridine rings is 1. The Balaban J connectivity index is 1.55. The maximum Gasteiger partial charge on any atom is 0.219 e. The molecule has 0 spiro atoms. The van der Waals surface area contributed by atoms with Crippen LogP contribution in [0.1, 0.15) is 31.5 Å². The molecule has 5 rings (SSSR count). The van der Waals surface area contributed by atoms with Crippen LogP contribution in [-0.4, -0.2) is 46.0 Å². The van der Waals surface area contributed by atoms with E-state index < -0.39 is 0 Å². The molecule has 3 heterocycles. The van der Waals surface area contributed by atoms with Gasteiger partial charge in [-0.15, -0.1) is 0 Å². The average Bonchev–Trinajstić information content (AvgIpc) is 3.29. The van der Waals surface area contributed by atoms with E-state index in [2.05, 4.69) is 34.2 Å². The number of ether oxygens (including phenoxy) is 1. The maximum absolute atomic E-state index is 11.7. The number of rotatable bonds is 4. The first-order valence-corrected chi connectivity index (χ1v) is 11.0. The summed E-state index contributed by atoms with van der Waals surface area (Å²) in [4.78, 5) is 26.5. The Hall–Kier alpha value is -3.67. The lowest BCUT2D eigenvalue weighted by atomic mass is 9.96. The number of fused-ring (bicyclic) bond motifs is 1. The fourth-order valence-corrected chi connectivity index (χ4v) is 4.49. The van der Waals surface area contributed by atoms with Gasteiger partial charge in [-0.25, -0.2) is 4.98 Å². The van der Waals surface area contributed by atoms with Gasteiger partial charge in [-0.1, -0.05) is 18.2 Å². The molecular formula is C26H26N4O2.